The second-order valence-corrected chi connectivity index (χ2v) is 7.42. The molecule has 0 bridgehead atoms. The Morgan fingerprint density at radius 3 is 2.16 bits per heavy atom. The van der Waals surface area contributed by atoms with Gasteiger partial charge in [0, 0.05) is 19.4 Å². The molecule has 2 N–H and O–H groups in total. The minimum Gasteiger partial charge on any atom is -0.493 e. The second kappa shape index (κ2) is 8.18. The van der Waals surface area contributed by atoms with Crippen molar-refractivity contribution in [3.63, 3.8) is 0 Å². The van der Waals surface area contributed by atoms with Gasteiger partial charge in [-0.15, -0.1) is 0 Å². The van der Waals surface area contributed by atoms with E-state index in [9.17, 15) is 0 Å². The molecule has 0 aliphatic carbocycles. The number of methoxy groups -OCH3 is 3. The summed E-state index contributed by atoms with van der Waals surface area (Å²) in [5.41, 5.74) is 9.52. The summed E-state index contributed by atoms with van der Waals surface area (Å²) < 4.78 is 16.7. The second-order valence-electron chi connectivity index (χ2n) is 7.42. The van der Waals surface area contributed by atoms with E-state index in [-0.39, 0.29) is 0 Å². The molecule has 1 atom stereocenters. The lowest BCUT2D eigenvalue weighted by atomic mass is 9.82. The van der Waals surface area contributed by atoms with Crippen LogP contribution in [0.1, 0.15) is 11.1 Å². The van der Waals surface area contributed by atoms with Crippen LogP contribution in [0.15, 0.2) is 65.9 Å². The minimum absolute atomic E-state index is 0.473. The van der Waals surface area contributed by atoms with Crippen LogP contribution in [-0.2, 0) is 5.54 Å². The zero-order valence-electron chi connectivity index (χ0n) is 18.1. The summed E-state index contributed by atoms with van der Waals surface area (Å²) in [6.45, 7) is 0.577. The highest BCUT2D eigenvalue weighted by Gasteiger charge is 2.42. The van der Waals surface area contributed by atoms with Crippen molar-refractivity contribution in [2.75, 3.05) is 34.9 Å². The number of rotatable bonds is 6. The zero-order chi connectivity index (χ0) is 22.0. The Balaban J connectivity index is 1.94. The van der Waals surface area contributed by atoms with Gasteiger partial charge in [0.25, 0.3) is 0 Å². The van der Waals surface area contributed by atoms with Crippen LogP contribution < -0.4 is 19.9 Å². The molecule has 3 aromatic rings. The summed E-state index contributed by atoms with van der Waals surface area (Å²) >= 11 is 0. The first kappa shape index (κ1) is 20.5. The Hall–Kier alpha value is -3.74. The van der Waals surface area contributed by atoms with Gasteiger partial charge in [-0.1, -0.05) is 24.3 Å². The fraction of sp³-hybridized carbons (Fsp3) is 0.250. The van der Waals surface area contributed by atoms with Gasteiger partial charge in [-0.3, -0.25) is 4.98 Å². The monoisotopic (exact) mass is 418 g/mol. The number of pyridine rings is 1. The third-order valence-electron chi connectivity index (χ3n) is 5.64. The van der Waals surface area contributed by atoms with Crippen molar-refractivity contribution in [1.82, 2.24) is 9.88 Å². The Morgan fingerprint density at radius 1 is 0.903 bits per heavy atom. The highest BCUT2D eigenvalue weighted by atomic mass is 16.5. The lowest BCUT2D eigenvalue weighted by molar-refractivity contribution is 0.322. The number of nitrogens with zero attached hydrogens (tertiary/aromatic N) is 3. The summed E-state index contributed by atoms with van der Waals surface area (Å²) in [5.74, 6) is 2.16. The molecule has 2 heterocycles. The number of aliphatic imine (C=N–C) groups is 1. The largest absolute Gasteiger partial charge is 0.493 e. The lowest BCUT2D eigenvalue weighted by Crippen LogP contribution is -2.34. The van der Waals surface area contributed by atoms with Crippen LogP contribution in [0.25, 0.3) is 11.1 Å². The van der Waals surface area contributed by atoms with Crippen molar-refractivity contribution >= 4 is 5.96 Å². The number of hydrogen-bond donors (Lipinski definition) is 1. The van der Waals surface area contributed by atoms with Gasteiger partial charge in [0.15, 0.2) is 17.5 Å². The van der Waals surface area contributed by atoms with Gasteiger partial charge in [-0.25, -0.2) is 4.99 Å². The number of guanidine groups is 1. The fourth-order valence-electron chi connectivity index (χ4n) is 4.03. The third-order valence-corrected chi connectivity index (χ3v) is 5.64. The van der Waals surface area contributed by atoms with E-state index in [1.807, 2.05) is 48.5 Å². The number of hydrogen-bond acceptors (Lipinski definition) is 7. The minimum atomic E-state index is -0.732. The molecule has 0 fully saturated rings. The molecular formula is C24H26N4O3. The number of aromatic nitrogens is 1. The van der Waals surface area contributed by atoms with E-state index in [2.05, 4.69) is 23.2 Å². The van der Waals surface area contributed by atoms with E-state index in [1.54, 1.807) is 27.5 Å². The smallest absolute Gasteiger partial charge is 0.203 e. The summed E-state index contributed by atoms with van der Waals surface area (Å²) in [4.78, 5) is 11.1. The quantitative estimate of drug-likeness (QED) is 0.662. The molecule has 0 amide bonds. The van der Waals surface area contributed by atoms with Crippen molar-refractivity contribution < 1.29 is 14.2 Å². The maximum Gasteiger partial charge on any atom is 0.203 e. The molecule has 2 aromatic carbocycles. The first-order chi connectivity index (χ1) is 15.0. The van der Waals surface area contributed by atoms with E-state index < -0.39 is 5.54 Å². The predicted molar refractivity (Wildman–Crippen MR) is 121 cm³/mol. The van der Waals surface area contributed by atoms with Crippen molar-refractivity contribution in [2.24, 2.45) is 10.7 Å². The molecule has 0 spiro atoms. The highest BCUT2D eigenvalue weighted by Crippen LogP contribution is 2.46. The Bertz CT molecular complexity index is 1090. The van der Waals surface area contributed by atoms with Gasteiger partial charge in [-0.2, -0.15) is 0 Å². The average molecular weight is 418 g/mol. The summed E-state index contributed by atoms with van der Waals surface area (Å²) in [6.07, 6.45) is 3.62. The standard InChI is InChI=1S/C24H26N4O3/c1-28-15-24(27-23(28)25,19-12-20(29-2)22(31-4)21(13-19)30-3)18-9-5-7-16(11-18)17-8-6-10-26-14-17/h5-14H,15H2,1-4H3,(H2,25,27). The van der Waals surface area contributed by atoms with Gasteiger partial charge in [0.05, 0.1) is 27.9 Å². The first-order valence-corrected chi connectivity index (χ1v) is 9.90. The molecule has 0 saturated heterocycles. The van der Waals surface area contributed by atoms with Crippen molar-refractivity contribution in [1.29, 1.82) is 0 Å². The molecule has 1 aliphatic heterocycles. The van der Waals surface area contributed by atoms with Crippen LogP contribution in [0.4, 0.5) is 0 Å². The van der Waals surface area contributed by atoms with E-state index in [0.717, 1.165) is 22.3 Å². The molecular weight excluding hydrogens is 392 g/mol. The van der Waals surface area contributed by atoms with Crippen LogP contribution in [-0.4, -0.2) is 50.8 Å². The van der Waals surface area contributed by atoms with Gasteiger partial charge in [-0.05, 0) is 46.5 Å². The average Bonchev–Trinajstić information content (AvgIpc) is 3.13. The molecule has 160 valence electrons. The van der Waals surface area contributed by atoms with Crippen molar-refractivity contribution in [2.45, 2.75) is 5.54 Å². The van der Waals surface area contributed by atoms with E-state index in [1.165, 1.54) is 0 Å². The molecule has 1 aliphatic rings. The van der Waals surface area contributed by atoms with Crippen LogP contribution in [0.3, 0.4) is 0 Å². The van der Waals surface area contributed by atoms with E-state index in [0.29, 0.717) is 29.8 Å². The summed E-state index contributed by atoms with van der Waals surface area (Å²) in [6, 6.07) is 16.1. The predicted octanol–water partition coefficient (Wildman–Crippen LogP) is 3.28. The van der Waals surface area contributed by atoms with Crippen molar-refractivity contribution in [3.8, 4) is 28.4 Å². The fourth-order valence-corrected chi connectivity index (χ4v) is 4.03. The topological polar surface area (TPSA) is 82.2 Å². The molecule has 0 radical (unpaired) electrons. The Kier molecular flexibility index (Phi) is 5.42. The first-order valence-electron chi connectivity index (χ1n) is 9.90. The summed E-state index contributed by atoms with van der Waals surface area (Å²) in [5, 5.41) is 0. The normalized spacial score (nSPS) is 17.9. The van der Waals surface area contributed by atoms with Crippen LogP contribution in [0.2, 0.25) is 0 Å². The molecule has 7 heteroatoms. The zero-order valence-corrected chi connectivity index (χ0v) is 18.1. The molecule has 1 aromatic heterocycles. The lowest BCUT2D eigenvalue weighted by Gasteiger charge is -2.29. The van der Waals surface area contributed by atoms with E-state index in [4.69, 9.17) is 24.9 Å². The van der Waals surface area contributed by atoms with Gasteiger partial charge in [0.2, 0.25) is 5.75 Å². The molecule has 31 heavy (non-hydrogen) atoms. The maximum absolute atomic E-state index is 6.25. The van der Waals surface area contributed by atoms with Gasteiger partial charge in [0.1, 0.15) is 5.54 Å². The SMILES string of the molecule is COc1cc(C2(c3cccc(-c4cccnc4)c3)CN(C)C(N)=N2)cc(OC)c1OC. The number of likely N-dealkylation sites (N-methyl/N-ethyl adjacent to an activating group) is 1. The molecule has 1 unspecified atom stereocenters. The van der Waals surface area contributed by atoms with Gasteiger partial charge >= 0.3 is 0 Å². The number of benzene rings is 2. The molecule has 4 rings (SSSR count). The van der Waals surface area contributed by atoms with Crippen molar-refractivity contribution in [3.05, 3.63) is 72.1 Å². The van der Waals surface area contributed by atoms with Crippen LogP contribution in [0.5, 0.6) is 17.2 Å². The Morgan fingerprint density at radius 2 is 1.61 bits per heavy atom. The third kappa shape index (κ3) is 3.52. The van der Waals surface area contributed by atoms with E-state index >= 15 is 0 Å². The molecule has 7 nitrogen and oxygen atoms in total. The van der Waals surface area contributed by atoms with Gasteiger partial charge < -0.3 is 24.8 Å². The summed E-state index contributed by atoms with van der Waals surface area (Å²) in [7, 11) is 6.74. The number of nitrogens with two attached hydrogens (primary N) is 1. The highest BCUT2D eigenvalue weighted by molar-refractivity contribution is 5.82. The number of ether oxygens (including phenoxy) is 3. The van der Waals surface area contributed by atoms with Crippen LogP contribution in [0, 0.1) is 0 Å². The maximum atomic E-state index is 6.25. The molecule has 0 saturated carbocycles. The Labute approximate surface area is 182 Å². The van der Waals surface area contributed by atoms with Crippen LogP contribution >= 0.6 is 0 Å².